The number of fused-ring (bicyclic) bond motifs is 1. The number of thioether (sulfide) groups is 1. The molecule has 0 unspecified atom stereocenters. The highest BCUT2D eigenvalue weighted by Gasteiger charge is 2.41. The minimum Gasteiger partial charge on any atom is -0.497 e. The molecule has 1 atom stereocenters. The van der Waals surface area contributed by atoms with Crippen LogP contribution in [0.4, 0.5) is 5.95 Å². The van der Waals surface area contributed by atoms with Gasteiger partial charge in [0.15, 0.2) is 5.78 Å². The van der Waals surface area contributed by atoms with Crippen molar-refractivity contribution in [2.24, 2.45) is 5.41 Å². The molecule has 0 spiro atoms. The molecule has 1 aliphatic heterocycles. The molecule has 6 nitrogen and oxygen atoms in total. The maximum atomic E-state index is 13.0. The molecule has 7 heteroatoms. The van der Waals surface area contributed by atoms with E-state index in [1.165, 1.54) is 11.8 Å². The summed E-state index contributed by atoms with van der Waals surface area (Å²) in [5.74, 6) is 1.66. The van der Waals surface area contributed by atoms with E-state index >= 15 is 0 Å². The Bertz CT molecular complexity index is 899. The van der Waals surface area contributed by atoms with Crippen LogP contribution in [0.25, 0.3) is 0 Å². The number of Topliss-reactive ketones (excluding diaryl/α,β-unsaturated/α-hetero) is 1. The number of benzene rings is 1. The quantitative estimate of drug-likeness (QED) is 0.832. The van der Waals surface area contributed by atoms with E-state index in [1.807, 2.05) is 35.2 Å². The van der Waals surface area contributed by atoms with Crippen LogP contribution in [0.1, 0.15) is 38.3 Å². The van der Waals surface area contributed by atoms with Crippen LogP contribution < -0.4 is 10.1 Å². The molecular formula is C19H22N4O2S. The number of hydrogen-bond donors (Lipinski definition) is 1. The first-order valence-electron chi connectivity index (χ1n) is 8.59. The number of aromatic nitrogens is 3. The molecule has 0 saturated carbocycles. The van der Waals surface area contributed by atoms with Gasteiger partial charge in [-0.2, -0.15) is 4.98 Å². The second-order valence-electron chi connectivity index (χ2n) is 7.50. The van der Waals surface area contributed by atoms with Crippen molar-refractivity contribution < 1.29 is 9.53 Å². The van der Waals surface area contributed by atoms with E-state index in [2.05, 4.69) is 29.2 Å². The Kier molecular flexibility index (Phi) is 4.06. The number of ketones is 1. The third kappa shape index (κ3) is 2.80. The van der Waals surface area contributed by atoms with E-state index in [9.17, 15) is 4.79 Å². The second kappa shape index (κ2) is 6.16. The van der Waals surface area contributed by atoms with Crippen LogP contribution >= 0.6 is 11.8 Å². The molecule has 2 aromatic rings. The first-order chi connectivity index (χ1) is 12.4. The molecule has 1 aromatic carbocycles. The van der Waals surface area contributed by atoms with Crippen LogP contribution in [0.15, 0.2) is 40.7 Å². The first-order valence-corrected chi connectivity index (χ1v) is 9.82. The fourth-order valence-electron chi connectivity index (χ4n) is 3.77. The molecule has 4 rings (SSSR count). The van der Waals surface area contributed by atoms with Crippen LogP contribution in [-0.4, -0.2) is 33.9 Å². The summed E-state index contributed by atoms with van der Waals surface area (Å²) in [5, 5.41) is 8.68. The van der Waals surface area contributed by atoms with E-state index in [1.54, 1.807) is 7.11 Å². The van der Waals surface area contributed by atoms with E-state index in [4.69, 9.17) is 4.74 Å². The van der Waals surface area contributed by atoms with Crippen LogP contribution in [0.5, 0.6) is 5.75 Å². The van der Waals surface area contributed by atoms with Crippen molar-refractivity contribution in [2.75, 3.05) is 18.7 Å². The van der Waals surface area contributed by atoms with Gasteiger partial charge in [-0.1, -0.05) is 37.7 Å². The summed E-state index contributed by atoms with van der Waals surface area (Å²) in [6.45, 7) is 4.26. The third-order valence-corrected chi connectivity index (χ3v) is 5.46. The minimum absolute atomic E-state index is 0.0576. The van der Waals surface area contributed by atoms with Gasteiger partial charge in [0, 0.05) is 17.7 Å². The Hall–Kier alpha value is -2.28. The van der Waals surface area contributed by atoms with Crippen molar-refractivity contribution in [2.45, 2.75) is 37.9 Å². The summed E-state index contributed by atoms with van der Waals surface area (Å²) >= 11 is 1.49. The van der Waals surface area contributed by atoms with E-state index < -0.39 is 0 Å². The lowest BCUT2D eigenvalue weighted by Gasteiger charge is -2.38. The molecule has 26 heavy (non-hydrogen) atoms. The Labute approximate surface area is 157 Å². The Morgan fingerprint density at radius 1 is 1.27 bits per heavy atom. The predicted octanol–water partition coefficient (Wildman–Crippen LogP) is 3.67. The van der Waals surface area contributed by atoms with Crippen LogP contribution in [0, 0.1) is 5.41 Å². The highest BCUT2D eigenvalue weighted by Crippen LogP contribution is 2.45. The summed E-state index contributed by atoms with van der Waals surface area (Å²) in [5.41, 5.74) is 2.73. The van der Waals surface area contributed by atoms with Crippen LogP contribution in [0.3, 0.4) is 0 Å². The molecule has 2 heterocycles. The van der Waals surface area contributed by atoms with E-state index in [-0.39, 0.29) is 17.2 Å². The molecule has 1 aliphatic carbocycles. The highest BCUT2D eigenvalue weighted by molar-refractivity contribution is 7.98. The molecule has 0 amide bonds. The molecule has 0 saturated heterocycles. The number of hydrogen-bond acceptors (Lipinski definition) is 6. The zero-order valence-electron chi connectivity index (χ0n) is 15.4. The number of anilines is 1. The standard InChI is InChI=1S/C19H22N4O2S/c1-19(2)9-13-15(14(24)10-19)16(11-5-7-12(25-3)8-6-11)23-17(20-13)21-18(22-23)26-4/h5-8,16H,9-10H2,1-4H3,(H,20,21,22)/t16-/m0/s1. The van der Waals surface area contributed by atoms with Gasteiger partial charge in [0.1, 0.15) is 11.8 Å². The number of allylic oxidation sites excluding steroid dienone is 2. The van der Waals surface area contributed by atoms with Gasteiger partial charge in [-0.05, 0) is 35.8 Å². The fraction of sp³-hybridized carbons (Fsp3) is 0.421. The fourth-order valence-corrected chi connectivity index (χ4v) is 4.12. The van der Waals surface area contributed by atoms with Crippen molar-refractivity contribution in [3.05, 3.63) is 41.1 Å². The normalized spacial score (nSPS) is 21.1. The minimum atomic E-state index is -0.260. The summed E-state index contributed by atoms with van der Waals surface area (Å²) in [7, 11) is 1.65. The monoisotopic (exact) mass is 370 g/mol. The SMILES string of the molecule is COc1ccc([C@H]2C3=C(CC(C)(C)CC3=O)Nc3nc(SC)nn32)cc1. The van der Waals surface area contributed by atoms with Crippen molar-refractivity contribution in [1.82, 2.24) is 14.8 Å². The third-order valence-electron chi connectivity index (χ3n) is 4.93. The molecule has 1 N–H and O–H groups in total. The first kappa shape index (κ1) is 17.1. The van der Waals surface area contributed by atoms with Crippen molar-refractivity contribution in [1.29, 1.82) is 0 Å². The molecule has 0 fully saturated rings. The molecule has 1 aromatic heterocycles. The molecule has 0 radical (unpaired) electrons. The number of carbonyl (C=O) groups excluding carboxylic acids is 1. The number of nitrogens with zero attached hydrogens (tertiary/aromatic N) is 3. The maximum Gasteiger partial charge on any atom is 0.227 e. The Morgan fingerprint density at radius 2 is 2.00 bits per heavy atom. The number of rotatable bonds is 3. The van der Waals surface area contributed by atoms with Gasteiger partial charge in [0.2, 0.25) is 11.1 Å². The van der Waals surface area contributed by atoms with Crippen molar-refractivity contribution in [3.63, 3.8) is 0 Å². The van der Waals surface area contributed by atoms with Gasteiger partial charge >= 0.3 is 0 Å². The number of ether oxygens (including phenoxy) is 1. The lowest BCUT2D eigenvalue weighted by Crippen LogP contribution is -2.36. The zero-order valence-corrected chi connectivity index (χ0v) is 16.2. The average molecular weight is 370 g/mol. The van der Waals surface area contributed by atoms with E-state index in [0.29, 0.717) is 17.5 Å². The lowest BCUT2D eigenvalue weighted by atomic mass is 9.73. The molecule has 0 bridgehead atoms. The van der Waals surface area contributed by atoms with Crippen molar-refractivity contribution in [3.8, 4) is 5.75 Å². The maximum absolute atomic E-state index is 13.0. The summed E-state index contributed by atoms with van der Waals surface area (Å²) in [4.78, 5) is 17.6. The van der Waals surface area contributed by atoms with Gasteiger partial charge in [0.05, 0.1) is 7.11 Å². The van der Waals surface area contributed by atoms with Crippen LogP contribution in [0.2, 0.25) is 0 Å². The van der Waals surface area contributed by atoms with Gasteiger partial charge in [-0.25, -0.2) is 4.68 Å². The molecular weight excluding hydrogens is 348 g/mol. The van der Waals surface area contributed by atoms with E-state index in [0.717, 1.165) is 29.0 Å². The highest BCUT2D eigenvalue weighted by atomic mass is 32.2. The van der Waals surface area contributed by atoms with Crippen LogP contribution in [-0.2, 0) is 4.79 Å². The number of nitrogens with one attached hydrogen (secondary N) is 1. The van der Waals surface area contributed by atoms with Gasteiger partial charge in [0.25, 0.3) is 0 Å². The Balaban J connectivity index is 1.87. The average Bonchev–Trinajstić information content (AvgIpc) is 3.01. The summed E-state index contributed by atoms with van der Waals surface area (Å²) in [6.07, 6.45) is 3.31. The Morgan fingerprint density at radius 3 is 2.65 bits per heavy atom. The second-order valence-corrected chi connectivity index (χ2v) is 8.27. The number of methoxy groups -OCH3 is 1. The lowest BCUT2D eigenvalue weighted by molar-refractivity contribution is -0.118. The van der Waals surface area contributed by atoms with Gasteiger partial charge in [-0.15, -0.1) is 5.10 Å². The predicted molar refractivity (Wildman–Crippen MR) is 102 cm³/mol. The number of carbonyl (C=O) groups is 1. The zero-order chi connectivity index (χ0) is 18.5. The largest absolute Gasteiger partial charge is 0.497 e. The summed E-state index contributed by atoms with van der Waals surface area (Å²) < 4.78 is 7.11. The molecule has 2 aliphatic rings. The van der Waals surface area contributed by atoms with Crippen molar-refractivity contribution >= 4 is 23.5 Å². The molecule has 136 valence electrons. The van der Waals surface area contributed by atoms with Gasteiger partial charge in [-0.3, -0.25) is 4.79 Å². The topological polar surface area (TPSA) is 69.0 Å². The van der Waals surface area contributed by atoms with Gasteiger partial charge < -0.3 is 10.1 Å². The smallest absolute Gasteiger partial charge is 0.227 e. The summed E-state index contributed by atoms with van der Waals surface area (Å²) in [6, 6.07) is 7.57.